The fourth-order valence-corrected chi connectivity index (χ4v) is 4.03. The number of aromatic amines is 1. The Labute approximate surface area is 189 Å². The first-order valence-electron chi connectivity index (χ1n) is 10.6. The number of H-pyrrole nitrogens is 1. The molecule has 10 heteroatoms. The molecule has 0 spiro atoms. The van der Waals surface area contributed by atoms with Crippen LogP contribution in [0, 0.1) is 0 Å². The van der Waals surface area contributed by atoms with Crippen LogP contribution in [0.4, 0.5) is 5.82 Å². The third-order valence-corrected chi connectivity index (χ3v) is 5.93. The van der Waals surface area contributed by atoms with Crippen LogP contribution < -0.4 is 16.1 Å². The van der Waals surface area contributed by atoms with Gasteiger partial charge in [0.2, 0.25) is 0 Å². The second-order valence-corrected chi connectivity index (χ2v) is 8.50. The van der Waals surface area contributed by atoms with Gasteiger partial charge in [-0.15, -0.1) is 0 Å². The normalized spacial score (nSPS) is 14.4. The van der Waals surface area contributed by atoms with E-state index in [0.717, 1.165) is 5.82 Å². The molecular formula is C22H25ClN6O3. The Hall–Kier alpha value is -3.20. The molecule has 0 unspecified atom stereocenters. The number of nitrogens with zero attached hydrogens (tertiary/aromatic N) is 5. The van der Waals surface area contributed by atoms with Gasteiger partial charge in [0.15, 0.2) is 5.65 Å². The van der Waals surface area contributed by atoms with E-state index in [4.69, 9.17) is 11.6 Å². The lowest BCUT2D eigenvalue weighted by atomic mass is 10.0. The fourth-order valence-electron chi connectivity index (χ4n) is 3.92. The quantitative estimate of drug-likeness (QED) is 0.645. The van der Waals surface area contributed by atoms with Crippen molar-refractivity contribution in [3.63, 3.8) is 0 Å². The highest BCUT2D eigenvalue weighted by molar-refractivity contribution is 6.30. The van der Waals surface area contributed by atoms with Crippen molar-refractivity contribution in [1.82, 2.24) is 24.4 Å². The molecule has 0 atom stereocenters. The Morgan fingerprint density at radius 1 is 1.19 bits per heavy atom. The van der Waals surface area contributed by atoms with E-state index < -0.39 is 11.2 Å². The third kappa shape index (κ3) is 4.00. The molecular weight excluding hydrogens is 432 g/mol. The van der Waals surface area contributed by atoms with Crippen LogP contribution in [-0.2, 0) is 6.54 Å². The van der Waals surface area contributed by atoms with Gasteiger partial charge in [0, 0.05) is 44.6 Å². The van der Waals surface area contributed by atoms with Crippen molar-refractivity contribution >= 4 is 34.4 Å². The molecule has 1 fully saturated rings. The molecule has 1 aliphatic heterocycles. The molecule has 168 valence electrons. The van der Waals surface area contributed by atoms with Gasteiger partial charge < -0.3 is 9.80 Å². The van der Waals surface area contributed by atoms with Crippen molar-refractivity contribution in [1.29, 1.82) is 0 Å². The smallest absolute Gasteiger partial charge is 0.329 e. The number of fused-ring (bicyclic) bond motifs is 1. The number of nitrogens with one attached hydrogen (secondary N) is 1. The number of piperazine rings is 1. The molecule has 0 aromatic carbocycles. The molecule has 1 N–H and O–H groups in total. The minimum Gasteiger partial charge on any atom is -0.353 e. The lowest BCUT2D eigenvalue weighted by Gasteiger charge is -2.35. The molecule has 32 heavy (non-hydrogen) atoms. The van der Waals surface area contributed by atoms with Crippen LogP contribution in [-0.4, -0.2) is 56.5 Å². The summed E-state index contributed by atoms with van der Waals surface area (Å²) in [6, 6.07) is 5.33. The van der Waals surface area contributed by atoms with Crippen molar-refractivity contribution in [2.75, 3.05) is 31.1 Å². The lowest BCUT2D eigenvalue weighted by molar-refractivity contribution is 0.0748. The van der Waals surface area contributed by atoms with Gasteiger partial charge >= 0.3 is 5.69 Å². The maximum atomic E-state index is 13.5. The minimum atomic E-state index is -0.593. The first-order valence-corrected chi connectivity index (χ1v) is 11.0. The van der Waals surface area contributed by atoms with Crippen LogP contribution in [0.1, 0.15) is 42.7 Å². The van der Waals surface area contributed by atoms with Crippen molar-refractivity contribution in [3.05, 3.63) is 61.5 Å². The standard InChI is InChI=1S/C22H25ClN6O3/c1-4-29-19-18(20(30)26-22(29)32)15(11-16(25-19)13(2)3)21(31)28-9-7-27(8-10-28)17-6-5-14(23)12-24-17/h5-6,11-13H,4,7-10H2,1-3H3,(H,26,30,32). The molecule has 0 bridgehead atoms. The van der Waals surface area contributed by atoms with E-state index in [1.54, 1.807) is 30.2 Å². The molecule has 1 aliphatic rings. The van der Waals surface area contributed by atoms with E-state index in [0.29, 0.717) is 43.4 Å². The SMILES string of the molecule is CCn1c(=O)[nH]c(=O)c2c(C(=O)N3CCN(c4ccc(Cl)cn4)CC3)cc(C(C)C)nc21. The molecule has 3 aromatic heterocycles. The van der Waals surface area contributed by atoms with E-state index in [1.807, 2.05) is 19.9 Å². The van der Waals surface area contributed by atoms with Crippen molar-refractivity contribution in [2.45, 2.75) is 33.2 Å². The maximum Gasteiger partial charge on any atom is 0.329 e. The summed E-state index contributed by atoms with van der Waals surface area (Å²) in [5, 5.41) is 0.728. The third-order valence-electron chi connectivity index (χ3n) is 5.71. The van der Waals surface area contributed by atoms with Crippen molar-refractivity contribution in [3.8, 4) is 0 Å². The first-order chi connectivity index (χ1) is 15.3. The maximum absolute atomic E-state index is 13.5. The monoisotopic (exact) mass is 456 g/mol. The van der Waals surface area contributed by atoms with Gasteiger partial charge in [-0.05, 0) is 31.0 Å². The fraction of sp³-hybridized carbons (Fsp3) is 0.409. The summed E-state index contributed by atoms with van der Waals surface area (Å²) >= 11 is 5.92. The second kappa shape index (κ2) is 8.74. The average Bonchev–Trinajstić information content (AvgIpc) is 2.78. The van der Waals surface area contributed by atoms with E-state index in [2.05, 4.69) is 19.9 Å². The average molecular weight is 457 g/mol. The number of aryl methyl sites for hydroxylation is 1. The number of hydrogen-bond acceptors (Lipinski definition) is 6. The zero-order valence-electron chi connectivity index (χ0n) is 18.3. The molecule has 0 saturated carbocycles. The van der Waals surface area contributed by atoms with Crippen LogP contribution >= 0.6 is 11.6 Å². The molecule has 1 amide bonds. The minimum absolute atomic E-state index is 0.0264. The molecule has 9 nitrogen and oxygen atoms in total. The number of amides is 1. The summed E-state index contributed by atoms with van der Waals surface area (Å²) in [7, 11) is 0. The van der Waals surface area contributed by atoms with Gasteiger partial charge in [0.1, 0.15) is 5.82 Å². The molecule has 0 aliphatic carbocycles. The van der Waals surface area contributed by atoms with Gasteiger partial charge in [0.25, 0.3) is 11.5 Å². The van der Waals surface area contributed by atoms with Crippen LogP contribution in [0.3, 0.4) is 0 Å². The van der Waals surface area contributed by atoms with Gasteiger partial charge in [-0.3, -0.25) is 19.1 Å². The topological polar surface area (TPSA) is 104 Å². The van der Waals surface area contributed by atoms with Crippen molar-refractivity contribution < 1.29 is 4.79 Å². The summed E-state index contributed by atoms with van der Waals surface area (Å²) in [4.78, 5) is 53.6. The highest BCUT2D eigenvalue weighted by Crippen LogP contribution is 2.22. The van der Waals surface area contributed by atoms with Gasteiger partial charge in [-0.1, -0.05) is 25.4 Å². The number of anilines is 1. The second-order valence-electron chi connectivity index (χ2n) is 8.07. The van der Waals surface area contributed by atoms with Crippen molar-refractivity contribution in [2.24, 2.45) is 0 Å². The van der Waals surface area contributed by atoms with Gasteiger partial charge in [-0.25, -0.2) is 14.8 Å². The van der Waals surface area contributed by atoms with Gasteiger partial charge in [0.05, 0.1) is 16.0 Å². The highest BCUT2D eigenvalue weighted by Gasteiger charge is 2.27. The number of pyridine rings is 2. The predicted molar refractivity (Wildman–Crippen MR) is 124 cm³/mol. The molecule has 3 aromatic rings. The Bertz CT molecular complexity index is 1270. The Morgan fingerprint density at radius 2 is 1.91 bits per heavy atom. The lowest BCUT2D eigenvalue weighted by Crippen LogP contribution is -2.49. The Balaban J connectivity index is 1.70. The Morgan fingerprint density at radius 3 is 2.50 bits per heavy atom. The van der Waals surface area contributed by atoms with E-state index in [-0.39, 0.29) is 28.4 Å². The van der Waals surface area contributed by atoms with Gasteiger partial charge in [-0.2, -0.15) is 0 Å². The summed E-state index contributed by atoms with van der Waals surface area (Å²) in [5.74, 6) is 0.592. The predicted octanol–water partition coefficient (Wildman–Crippen LogP) is 2.24. The van der Waals surface area contributed by atoms with Crippen LogP contribution in [0.5, 0.6) is 0 Å². The number of carbonyl (C=O) groups excluding carboxylic acids is 1. The largest absolute Gasteiger partial charge is 0.353 e. The summed E-state index contributed by atoms with van der Waals surface area (Å²) < 4.78 is 1.39. The van der Waals surface area contributed by atoms with Crippen LogP contribution in [0.15, 0.2) is 34.0 Å². The number of carbonyl (C=O) groups is 1. The zero-order chi connectivity index (χ0) is 23.0. The van der Waals surface area contributed by atoms with E-state index in [9.17, 15) is 14.4 Å². The summed E-state index contributed by atoms with van der Waals surface area (Å²) in [6.45, 7) is 8.23. The number of hydrogen-bond donors (Lipinski definition) is 1. The number of aromatic nitrogens is 4. The molecule has 0 radical (unpaired) electrons. The highest BCUT2D eigenvalue weighted by atomic mass is 35.5. The number of halogens is 1. The Kier molecular flexibility index (Phi) is 6.01. The summed E-state index contributed by atoms with van der Waals surface area (Å²) in [5.41, 5.74) is 0.0720. The van der Waals surface area contributed by atoms with Crippen LogP contribution in [0.2, 0.25) is 5.02 Å². The summed E-state index contributed by atoms with van der Waals surface area (Å²) in [6.07, 6.45) is 1.60. The molecule has 4 rings (SSSR count). The van der Waals surface area contributed by atoms with E-state index in [1.165, 1.54) is 4.57 Å². The zero-order valence-corrected chi connectivity index (χ0v) is 19.0. The first kappa shape index (κ1) is 22.0. The van der Waals surface area contributed by atoms with Crippen LogP contribution in [0.25, 0.3) is 11.0 Å². The molecule has 1 saturated heterocycles. The number of rotatable bonds is 4. The molecule has 4 heterocycles. The van der Waals surface area contributed by atoms with E-state index >= 15 is 0 Å².